The molecule has 2 amide bonds. The second kappa shape index (κ2) is 7.87. The SMILES string of the molecule is COc1ccc(/C(C)=N\NC(=O)CN2C(=O)c3cccc4cccc2c34)cc1OC. The van der Waals surface area contributed by atoms with Crippen LogP contribution in [0.15, 0.2) is 59.7 Å². The van der Waals surface area contributed by atoms with Gasteiger partial charge in [0.15, 0.2) is 11.5 Å². The summed E-state index contributed by atoms with van der Waals surface area (Å²) < 4.78 is 10.5. The van der Waals surface area contributed by atoms with Crippen LogP contribution >= 0.6 is 0 Å². The molecule has 0 bridgehead atoms. The highest BCUT2D eigenvalue weighted by Gasteiger charge is 2.30. The Balaban J connectivity index is 1.49. The molecule has 0 spiro atoms. The van der Waals surface area contributed by atoms with Crippen LogP contribution in [-0.4, -0.2) is 38.3 Å². The molecule has 0 fully saturated rings. The highest BCUT2D eigenvalue weighted by atomic mass is 16.5. The van der Waals surface area contributed by atoms with Crippen LogP contribution < -0.4 is 19.8 Å². The monoisotopic (exact) mass is 403 g/mol. The Kier molecular flexibility index (Phi) is 5.10. The van der Waals surface area contributed by atoms with Crippen molar-refractivity contribution in [2.75, 3.05) is 25.7 Å². The van der Waals surface area contributed by atoms with E-state index in [4.69, 9.17) is 9.47 Å². The average molecular weight is 403 g/mol. The van der Waals surface area contributed by atoms with E-state index in [1.54, 1.807) is 39.3 Å². The second-order valence-corrected chi connectivity index (χ2v) is 6.87. The molecule has 0 unspecified atom stereocenters. The first-order valence-corrected chi connectivity index (χ1v) is 9.42. The second-order valence-electron chi connectivity index (χ2n) is 6.87. The molecule has 0 atom stereocenters. The van der Waals surface area contributed by atoms with E-state index in [1.807, 2.05) is 36.4 Å². The lowest BCUT2D eigenvalue weighted by atomic mass is 10.1. The van der Waals surface area contributed by atoms with Gasteiger partial charge >= 0.3 is 0 Å². The number of methoxy groups -OCH3 is 2. The normalized spacial score (nSPS) is 13.0. The average Bonchev–Trinajstić information content (AvgIpc) is 3.05. The van der Waals surface area contributed by atoms with Crippen molar-refractivity contribution in [2.45, 2.75) is 6.92 Å². The fraction of sp³-hybridized carbons (Fsp3) is 0.174. The Morgan fingerprint density at radius 1 is 1.03 bits per heavy atom. The topological polar surface area (TPSA) is 80.2 Å². The van der Waals surface area contributed by atoms with Gasteiger partial charge in [-0.2, -0.15) is 5.10 Å². The van der Waals surface area contributed by atoms with Crippen molar-refractivity contribution in [1.82, 2.24) is 5.43 Å². The number of rotatable bonds is 6. The van der Waals surface area contributed by atoms with Gasteiger partial charge in [-0.05, 0) is 42.6 Å². The van der Waals surface area contributed by atoms with E-state index >= 15 is 0 Å². The molecule has 7 nitrogen and oxygen atoms in total. The largest absolute Gasteiger partial charge is 0.493 e. The molecule has 1 aliphatic heterocycles. The van der Waals surface area contributed by atoms with Gasteiger partial charge in [0.1, 0.15) is 6.54 Å². The fourth-order valence-corrected chi connectivity index (χ4v) is 3.59. The van der Waals surface area contributed by atoms with Crippen LogP contribution in [0.3, 0.4) is 0 Å². The maximum atomic E-state index is 12.8. The smallest absolute Gasteiger partial charge is 0.260 e. The third kappa shape index (κ3) is 3.34. The summed E-state index contributed by atoms with van der Waals surface area (Å²) in [5, 5.41) is 6.03. The molecular weight excluding hydrogens is 382 g/mol. The number of anilines is 1. The summed E-state index contributed by atoms with van der Waals surface area (Å²) in [4.78, 5) is 26.8. The molecule has 30 heavy (non-hydrogen) atoms. The minimum atomic E-state index is -0.381. The Hall–Kier alpha value is -3.87. The van der Waals surface area contributed by atoms with Gasteiger partial charge in [-0.15, -0.1) is 0 Å². The molecular formula is C23H21N3O4. The first-order valence-electron chi connectivity index (χ1n) is 9.42. The minimum absolute atomic E-state index is 0.116. The molecule has 0 saturated heterocycles. The van der Waals surface area contributed by atoms with Gasteiger partial charge < -0.3 is 9.47 Å². The van der Waals surface area contributed by atoms with Gasteiger partial charge in [-0.3, -0.25) is 14.5 Å². The predicted octanol–water partition coefficient (Wildman–Crippen LogP) is 3.36. The molecule has 7 heteroatoms. The number of hydrazone groups is 1. The lowest BCUT2D eigenvalue weighted by Gasteiger charge is -2.16. The van der Waals surface area contributed by atoms with E-state index in [0.29, 0.717) is 22.8 Å². The quantitative estimate of drug-likeness (QED) is 0.506. The number of nitrogens with zero attached hydrogens (tertiary/aromatic N) is 2. The van der Waals surface area contributed by atoms with Crippen molar-refractivity contribution in [2.24, 2.45) is 5.10 Å². The molecule has 3 aromatic rings. The summed E-state index contributed by atoms with van der Waals surface area (Å²) in [6, 6.07) is 16.7. The van der Waals surface area contributed by atoms with Gasteiger partial charge in [0, 0.05) is 16.5 Å². The molecule has 1 N–H and O–H groups in total. The number of hydrogen-bond donors (Lipinski definition) is 1. The third-order valence-corrected chi connectivity index (χ3v) is 5.10. The van der Waals surface area contributed by atoms with Crippen LogP contribution in [0.2, 0.25) is 0 Å². The van der Waals surface area contributed by atoms with E-state index < -0.39 is 0 Å². The van der Waals surface area contributed by atoms with Crippen LogP contribution in [0.5, 0.6) is 11.5 Å². The number of benzene rings is 3. The van der Waals surface area contributed by atoms with E-state index in [0.717, 1.165) is 22.0 Å². The van der Waals surface area contributed by atoms with Gasteiger partial charge in [0.05, 0.1) is 25.6 Å². The lowest BCUT2D eigenvalue weighted by Crippen LogP contribution is -2.37. The van der Waals surface area contributed by atoms with Crippen molar-refractivity contribution in [3.05, 3.63) is 65.7 Å². The number of ether oxygens (including phenoxy) is 2. The van der Waals surface area contributed by atoms with E-state index in [9.17, 15) is 9.59 Å². The number of hydrogen-bond acceptors (Lipinski definition) is 5. The first-order chi connectivity index (χ1) is 14.5. The molecule has 0 radical (unpaired) electrons. The Bertz CT molecular complexity index is 1180. The zero-order valence-electron chi connectivity index (χ0n) is 16.9. The Morgan fingerprint density at radius 3 is 2.50 bits per heavy atom. The molecule has 0 saturated carbocycles. The lowest BCUT2D eigenvalue weighted by molar-refractivity contribution is -0.119. The van der Waals surface area contributed by atoms with Gasteiger partial charge in [0.2, 0.25) is 0 Å². The van der Waals surface area contributed by atoms with Crippen LogP contribution in [0, 0.1) is 0 Å². The van der Waals surface area contributed by atoms with Gasteiger partial charge in [0.25, 0.3) is 11.8 Å². The fourth-order valence-electron chi connectivity index (χ4n) is 3.59. The zero-order valence-corrected chi connectivity index (χ0v) is 16.9. The Morgan fingerprint density at radius 2 is 1.77 bits per heavy atom. The maximum Gasteiger partial charge on any atom is 0.260 e. The molecule has 0 aliphatic carbocycles. The molecule has 1 heterocycles. The van der Waals surface area contributed by atoms with Crippen LogP contribution in [-0.2, 0) is 4.79 Å². The summed E-state index contributed by atoms with van der Waals surface area (Å²) in [5.41, 5.74) is 5.27. The molecule has 152 valence electrons. The van der Waals surface area contributed by atoms with Crippen LogP contribution in [0.4, 0.5) is 5.69 Å². The molecule has 0 aromatic heterocycles. The summed E-state index contributed by atoms with van der Waals surface area (Å²) in [7, 11) is 3.12. The van der Waals surface area contributed by atoms with Crippen molar-refractivity contribution < 1.29 is 19.1 Å². The first kappa shape index (κ1) is 19.4. The summed E-state index contributed by atoms with van der Waals surface area (Å²) in [5.74, 6) is 0.620. The standard InChI is InChI=1S/C23H21N3O4/c1-14(16-10-11-19(29-2)20(12-16)30-3)24-25-21(27)13-26-18-9-5-7-15-6-4-8-17(22(15)18)23(26)28/h4-12H,13H2,1-3H3,(H,25,27)/b24-14-. The van der Waals surface area contributed by atoms with Crippen molar-refractivity contribution in [3.8, 4) is 11.5 Å². The van der Waals surface area contributed by atoms with E-state index in [-0.39, 0.29) is 18.4 Å². The third-order valence-electron chi connectivity index (χ3n) is 5.10. The molecule has 1 aliphatic rings. The van der Waals surface area contributed by atoms with Gasteiger partial charge in [-0.1, -0.05) is 24.3 Å². The highest BCUT2D eigenvalue weighted by molar-refractivity contribution is 6.26. The number of carbonyl (C=O) groups is 2. The molecule has 4 rings (SSSR count). The van der Waals surface area contributed by atoms with Crippen LogP contribution in [0.25, 0.3) is 10.8 Å². The number of carbonyl (C=O) groups excluding carboxylic acids is 2. The number of amides is 2. The number of nitrogens with one attached hydrogen (secondary N) is 1. The van der Waals surface area contributed by atoms with E-state index in [2.05, 4.69) is 10.5 Å². The highest BCUT2D eigenvalue weighted by Crippen LogP contribution is 2.36. The van der Waals surface area contributed by atoms with Gasteiger partial charge in [-0.25, -0.2) is 5.43 Å². The maximum absolute atomic E-state index is 12.8. The van der Waals surface area contributed by atoms with E-state index in [1.165, 1.54) is 4.90 Å². The molecule has 3 aromatic carbocycles. The summed E-state index contributed by atoms with van der Waals surface area (Å²) >= 11 is 0. The van der Waals surface area contributed by atoms with Crippen molar-refractivity contribution in [1.29, 1.82) is 0 Å². The van der Waals surface area contributed by atoms with Crippen molar-refractivity contribution >= 4 is 34.0 Å². The minimum Gasteiger partial charge on any atom is -0.493 e. The van der Waals surface area contributed by atoms with Crippen LogP contribution in [0.1, 0.15) is 22.8 Å². The summed E-state index contributed by atoms with van der Waals surface area (Å²) in [6.45, 7) is 1.66. The summed E-state index contributed by atoms with van der Waals surface area (Å²) in [6.07, 6.45) is 0. The Labute approximate surface area is 173 Å². The predicted molar refractivity (Wildman–Crippen MR) is 116 cm³/mol. The zero-order chi connectivity index (χ0) is 21.3. The van der Waals surface area contributed by atoms with Crippen molar-refractivity contribution in [3.63, 3.8) is 0 Å².